The van der Waals surface area contributed by atoms with Crippen molar-refractivity contribution in [2.24, 2.45) is 5.92 Å². The van der Waals surface area contributed by atoms with Gasteiger partial charge >= 0.3 is 0 Å². The number of pyridine rings is 1. The number of hydrogen-bond acceptors (Lipinski definition) is 4. The van der Waals surface area contributed by atoms with Gasteiger partial charge in [-0.15, -0.1) is 0 Å². The molecule has 0 bridgehead atoms. The lowest BCUT2D eigenvalue weighted by Crippen LogP contribution is -2.39. The van der Waals surface area contributed by atoms with Gasteiger partial charge in [0.25, 0.3) is 0 Å². The lowest BCUT2D eigenvalue weighted by Gasteiger charge is -2.25. The Balaban J connectivity index is 0.000000444. The van der Waals surface area contributed by atoms with Gasteiger partial charge in [0.05, 0.1) is 11.8 Å². The van der Waals surface area contributed by atoms with Gasteiger partial charge in [-0.05, 0) is 49.4 Å². The standard InChI is InChI=1S/C10H12N2O.C9H19NO.C2H6/c1-3-8-5-6-10(11-7-13)12-9(8)4-2;1-7(2)9(11-3)8-5-4-6-10-8;1-2/h4-7H,2-3H2,1H3,(H,11,12,13);7-10H,4-6H2,1-3H3;1-2H3. The Labute approximate surface area is 159 Å². The highest BCUT2D eigenvalue weighted by Crippen LogP contribution is 2.17. The van der Waals surface area contributed by atoms with Gasteiger partial charge in [-0.1, -0.05) is 47.3 Å². The van der Waals surface area contributed by atoms with Gasteiger partial charge in [-0.2, -0.15) is 0 Å². The van der Waals surface area contributed by atoms with E-state index in [1.54, 1.807) is 12.1 Å². The average Bonchev–Trinajstić information content (AvgIpc) is 3.18. The lowest BCUT2D eigenvalue weighted by atomic mass is 9.98. The molecule has 0 spiro atoms. The summed E-state index contributed by atoms with van der Waals surface area (Å²) >= 11 is 0. The first-order chi connectivity index (χ1) is 12.6. The molecule has 2 N–H and O–H groups in total. The number of aromatic nitrogens is 1. The topological polar surface area (TPSA) is 63.2 Å². The molecule has 0 aliphatic carbocycles. The van der Waals surface area contributed by atoms with Crippen molar-refractivity contribution < 1.29 is 9.53 Å². The van der Waals surface area contributed by atoms with Crippen molar-refractivity contribution in [1.82, 2.24) is 10.3 Å². The van der Waals surface area contributed by atoms with E-state index in [9.17, 15) is 4.79 Å². The highest BCUT2D eigenvalue weighted by molar-refractivity contribution is 5.69. The molecule has 5 heteroatoms. The second-order valence-corrected chi connectivity index (χ2v) is 6.21. The van der Waals surface area contributed by atoms with Crippen LogP contribution in [0.15, 0.2) is 18.7 Å². The van der Waals surface area contributed by atoms with E-state index in [1.165, 1.54) is 12.8 Å². The van der Waals surface area contributed by atoms with E-state index in [4.69, 9.17) is 4.74 Å². The summed E-state index contributed by atoms with van der Waals surface area (Å²) in [6.45, 7) is 15.3. The molecule has 0 radical (unpaired) electrons. The summed E-state index contributed by atoms with van der Waals surface area (Å²) in [5.74, 6) is 1.18. The van der Waals surface area contributed by atoms with Crippen LogP contribution in [0.4, 0.5) is 5.82 Å². The van der Waals surface area contributed by atoms with Gasteiger partial charge in [0.1, 0.15) is 5.82 Å². The molecule has 1 aromatic rings. The Bertz CT molecular complexity index is 512. The first kappa shape index (κ1) is 24.3. The molecule has 1 amide bonds. The summed E-state index contributed by atoms with van der Waals surface area (Å²) in [4.78, 5) is 14.3. The van der Waals surface area contributed by atoms with E-state index in [0.717, 1.165) is 24.2 Å². The van der Waals surface area contributed by atoms with Crippen LogP contribution in [0.3, 0.4) is 0 Å². The van der Waals surface area contributed by atoms with E-state index >= 15 is 0 Å². The first-order valence-electron chi connectivity index (χ1n) is 9.66. The number of carbonyl (C=O) groups is 1. The SMILES string of the molecule is C=Cc1nc(NC=O)ccc1CC.CC.COC(C(C)C)C1CCCN1. The van der Waals surface area contributed by atoms with Crippen LogP contribution in [0.25, 0.3) is 6.08 Å². The number of methoxy groups -OCH3 is 1. The van der Waals surface area contributed by atoms with Crippen LogP contribution in [0.2, 0.25) is 0 Å². The van der Waals surface area contributed by atoms with E-state index in [2.05, 4.69) is 43.0 Å². The summed E-state index contributed by atoms with van der Waals surface area (Å²) in [6, 6.07) is 4.32. The zero-order chi connectivity index (χ0) is 19.9. The van der Waals surface area contributed by atoms with Crippen molar-refractivity contribution in [1.29, 1.82) is 0 Å². The highest BCUT2D eigenvalue weighted by Gasteiger charge is 2.26. The molecule has 0 aromatic carbocycles. The summed E-state index contributed by atoms with van der Waals surface area (Å²) < 4.78 is 5.43. The van der Waals surface area contributed by atoms with Crippen LogP contribution < -0.4 is 10.6 Å². The zero-order valence-electron chi connectivity index (χ0n) is 17.3. The fourth-order valence-electron chi connectivity index (χ4n) is 3.01. The molecule has 1 saturated heterocycles. The normalized spacial score (nSPS) is 16.7. The van der Waals surface area contributed by atoms with Crippen molar-refractivity contribution >= 4 is 18.3 Å². The Hall–Kier alpha value is -1.72. The monoisotopic (exact) mass is 363 g/mol. The number of aryl methyl sites for hydroxylation is 1. The summed E-state index contributed by atoms with van der Waals surface area (Å²) in [7, 11) is 1.81. The Kier molecular flexibility index (Phi) is 13.5. The maximum atomic E-state index is 10.2. The van der Waals surface area contributed by atoms with Gasteiger partial charge in [0.15, 0.2) is 0 Å². The third kappa shape index (κ3) is 8.11. The third-order valence-electron chi connectivity index (χ3n) is 4.22. The van der Waals surface area contributed by atoms with Gasteiger partial charge in [-0.25, -0.2) is 4.98 Å². The van der Waals surface area contributed by atoms with Gasteiger partial charge in [-0.3, -0.25) is 4.79 Å². The number of hydrogen-bond donors (Lipinski definition) is 2. The molecule has 148 valence electrons. The largest absolute Gasteiger partial charge is 0.380 e. The van der Waals surface area contributed by atoms with Crippen LogP contribution in [-0.2, 0) is 16.0 Å². The molecule has 1 aromatic heterocycles. The molecule has 1 aliphatic heterocycles. The number of rotatable bonds is 7. The minimum Gasteiger partial charge on any atom is -0.380 e. The number of carbonyl (C=O) groups excluding carboxylic acids is 1. The van der Waals surface area contributed by atoms with Crippen LogP contribution >= 0.6 is 0 Å². The molecule has 2 rings (SSSR count). The number of nitrogens with zero attached hydrogens (tertiary/aromatic N) is 1. The molecule has 5 nitrogen and oxygen atoms in total. The van der Waals surface area contributed by atoms with Gasteiger partial charge < -0.3 is 15.4 Å². The van der Waals surface area contributed by atoms with Crippen molar-refractivity contribution in [3.63, 3.8) is 0 Å². The average molecular weight is 364 g/mol. The van der Waals surface area contributed by atoms with E-state index in [-0.39, 0.29) is 0 Å². The molecular weight excluding hydrogens is 326 g/mol. The van der Waals surface area contributed by atoms with Crippen molar-refractivity contribution in [3.05, 3.63) is 30.0 Å². The van der Waals surface area contributed by atoms with Gasteiger partial charge in [0.2, 0.25) is 6.41 Å². The Morgan fingerprint density at radius 1 is 1.42 bits per heavy atom. The van der Waals surface area contributed by atoms with Crippen LogP contribution in [0.5, 0.6) is 0 Å². The number of ether oxygens (including phenoxy) is 1. The summed E-state index contributed by atoms with van der Waals surface area (Å²) in [6.07, 6.45) is 6.19. The zero-order valence-corrected chi connectivity index (χ0v) is 17.3. The minimum absolute atomic E-state index is 0.400. The number of anilines is 1. The van der Waals surface area contributed by atoms with Crippen molar-refractivity contribution in [3.8, 4) is 0 Å². The molecule has 0 saturated carbocycles. The van der Waals surface area contributed by atoms with E-state index in [0.29, 0.717) is 30.3 Å². The van der Waals surface area contributed by atoms with Crippen LogP contribution in [0.1, 0.15) is 58.7 Å². The quantitative estimate of drug-likeness (QED) is 0.709. The Morgan fingerprint density at radius 3 is 2.54 bits per heavy atom. The third-order valence-corrected chi connectivity index (χ3v) is 4.22. The van der Waals surface area contributed by atoms with E-state index < -0.39 is 0 Å². The molecular formula is C21H37N3O2. The maximum Gasteiger partial charge on any atom is 0.212 e. The minimum atomic E-state index is 0.400. The van der Waals surface area contributed by atoms with Crippen LogP contribution in [0, 0.1) is 5.92 Å². The summed E-state index contributed by atoms with van der Waals surface area (Å²) in [5, 5.41) is 5.96. The smallest absolute Gasteiger partial charge is 0.212 e. The Morgan fingerprint density at radius 2 is 2.12 bits per heavy atom. The summed E-state index contributed by atoms with van der Waals surface area (Å²) in [5.41, 5.74) is 1.96. The predicted molar refractivity (Wildman–Crippen MR) is 111 cm³/mol. The van der Waals surface area contributed by atoms with Crippen molar-refractivity contribution in [2.45, 2.75) is 66.0 Å². The second-order valence-electron chi connectivity index (χ2n) is 6.21. The van der Waals surface area contributed by atoms with E-state index in [1.807, 2.05) is 27.0 Å². The second kappa shape index (κ2) is 14.4. The predicted octanol–water partition coefficient (Wildman–Crippen LogP) is 4.29. The molecule has 2 atom stereocenters. The lowest BCUT2D eigenvalue weighted by molar-refractivity contribution is -0.105. The highest BCUT2D eigenvalue weighted by atomic mass is 16.5. The first-order valence-corrected chi connectivity index (χ1v) is 9.66. The van der Waals surface area contributed by atoms with Gasteiger partial charge in [0, 0.05) is 13.2 Å². The van der Waals surface area contributed by atoms with Crippen molar-refractivity contribution in [2.75, 3.05) is 19.0 Å². The maximum absolute atomic E-state index is 10.2. The molecule has 2 unspecified atom stereocenters. The number of amides is 1. The fraction of sp³-hybridized carbons (Fsp3) is 0.619. The molecule has 1 aliphatic rings. The van der Waals surface area contributed by atoms with Crippen LogP contribution in [-0.4, -0.2) is 37.2 Å². The number of nitrogens with one attached hydrogen (secondary N) is 2. The molecule has 2 heterocycles. The molecule has 1 fully saturated rings. The molecule has 26 heavy (non-hydrogen) atoms. The fourth-order valence-corrected chi connectivity index (χ4v) is 3.01.